The molecule has 1 aliphatic rings. The molecule has 7 heteroatoms. The Morgan fingerprint density at radius 2 is 2.26 bits per heavy atom. The van der Waals surface area contributed by atoms with E-state index in [0.29, 0.717) is 23.9 Å². The molecule has 1 aromatic rings. The van der Waals surface area contributed by atoms with Crippen LogP contribution in [-0.4, -0.2) is 44.6 Å². The van der Waals surface area contributed by atoms with E-state index in [0.717, 1.165) is 6.61 Å². The fourth-order valence-corrected chi connectivity index (χ4v) is 3.88. The van der Waals surface area contributed by atoms with Crippen molar-refractivity contribution >= 4 is 21.4 Å². The SMILES string of the molecule is CN(CCOCC1CC1)S(=O)(=O)c1csc(CO)c1. The van der Waals surface area contributed by atoms with Crippen LogP contribution in [0.4, 0.5) is 0 Å². The number of nitrogens with zero attached hydrogens (tertiary/aromatic N) is 1. The second-order valence-electron chi connectivity index (χ2n) is 4.75. The Morgan fingerprint density at radius 1 is 1.53 bits per heavy atom. The van der Waals surface area contributed by atoms with E-state index in [1.165, 1.54) is 34.6 Å². The highest BCUT2D eigenvalue weighted by Crippen LogP contribution is 2.28. The second kappa shape index (κ2) is 6.32. The molecule has 0 radical (unpaired) electrons. The average Bonchev–Trinajstić information content (AvgIpc) is 3.07. The molecule has 0 aromatic carbocycles. The van der Waals surface area contributed by atoms with Gasteiger partial charge in [-0.25, -0.2) is 8.42 Å². The summed E-state index contributed by atoms with van der Waals surface area (Å²) in [6, 6.07) is 1.52. The van der Waals surface area contributed by atoms with Gasteiger partial charge in [-0.15, -0.1) is 11.3 Å². The molecule has 0 spiro atoms. The van der Waals surface area contributed by atoms with Crippen LogP contribution in [-0.2, 0) is 21.4 Å². The Labute approximate surface area is 117 Å². The van der Waals surface area contributed by atoms with Crippen molar-refractivity contribution in [3.63, 3.8) is 0 Å². The van der Waals surface area contributed by atoms with E-state index in [2.05, 4.69) is 0 Å². The van der Waals surface area contributed by atoms with Gasteiger partial charge < -0.3 is 9.84 Å². The maximum absolute atomic E-state index is 12.2. The molecule has 0 saturated heterocycles. The van der Waals surface area contributed by atoms with Crippen LogP contribution in [0.2, 0.25) is 0 Å². The fraction of sp³-hybridized carbons (Fsp3) is 0.667. The lowest BCUT2D eigenvalue weighted by molar-refractivity contribution is 0.117. The zero-order valence-electron chi connectivity index (χ0n) is 10.9. The molecule has 1 aliphatic carbocycles. The predicted molar refractivity (Wildman–Crippen MR) is 73.6 cm³/mol. The van der Waals surface area contributed by atoms with Gasteiger partial charge in [0.05, 0.1) is 18.1 Å². The Balaban J connectivity index is 1.86. The molecular weight excluding hydrogens is 286 g/mol. The molecule has 1 heterocycles. The molecular formula is C12H19NO4S2. The minimum Gasteiger partial charge on any atom is -0.391 e. The van der Waals surface area contributed by atoms with Gasteiger partial charge in [-0.05, 0) is 24.8 Å². The predicted octanol–water partition coefficient (Wildman–Crippen LogP) is 1.29. The van der Waals surface area contributed by atoms with Gasteiger partial charge in [0.15, 0.2) is 0 Å². The van der Waals surface area contributed by atoms with Crippen molar-refractivity contribution in [1.29, 1.82) is 0 Å². The third-order valence-corrected chi connectivity index (χ3v) is 6.00. The van der Waals surface area contributed by atoms with Crippen molar-refractivity contribution in [2.45, 2.75) is 24.3 Å². The topological polar surface area (TPSA) is 66.8 Å². The monoisotopic (exact) mass is 305 g/mol. The lowest BCUT2D eigenvalue weighted by atomic mass is 10.5. The zero-order valence-corrected chi connectivity index (χ0v) is 12.5. The van der Waals surface area contributed by atoms with Crippen LogP contribution < -0.4 is 0 Å². The van der Waals surface area contributed by atoms with Crippen LogP contribution in [0.1, 0.15) is 17.7 Å². The molecule has 0 atom stereocenters. The maximum atomic E-state index is 12.2. The molecule has 0 unspecified atom stereocenters. The summed E-state index contributed by atoms with van der Waals surface area (Å²) in [5.41, 5.74) is 0. The van der Waals surface area contributed by atoms with Gasteiger partial charge in [-0.3, -0.25) is 0 Å². The lowest BCUT2D eigenvalue weighted by Gasteiger charge is -2.16. The van der Waals surface area contributed by atoms with Gasteiger partial charge in [0.2, 0.25) is 10.0 Å². The minimum atomic E-state index is -3.46. The van der Waals surface area contributed by atoms with Crippen molar-refractivity contribution in [3.8, 4) is 0 Å². The van der Waals surface area contributed by atoms with Crippen LogP contribution in [0.25, 0.3) is 0 Å². The summed E-state index contributed by atoms with van der Waals surface area (Å²) in [5.74, 6) is 0.686. The molecule has 108 valence electrons. The van der Waals surface area contributed by atoms with Crippen molar-refractivity contribution in [2.24, 2.45) is 5.92 Å². The first kappa shape index (κ1) is 14.9. The van der Waals surface area contributed by atoms with E-state index in [4.69, 9.17) is 9.84 Å². The number of aliphatic hydroxyl groups excluding tert-OH is 1. The summed E-state index contributed by atoms with van der Waals surface area (Å²) in [6.07, 6.45) is 2.46. The Morgan fingerprint density at radius 3 is 2.84 bits per heavy atom. The number of ether oxygens (including phenoxy) is 1. The molecule has 0 bridgehead atoms. The minimum absolute atomic E-state index is 0.131. The molecule has 1 aromatic heterocycles. The largest absolute Gasteiger partial charge is 0.391 e. The van der Waals surface area contributed by atoms with Gasteiger partial charge in [0, 0.05) is 30.5 Å². The highest BCUT2D eigenvalue weighted by molar-refractivity contribution is 7.89. The van der Waals surface area contributed by atoms with Gasteiger partial charge in [-0.2, -0.15) is 4.31 Å². The third-order valence-electron chi connectivity index (χ3n) is 3.09. The van der Waals surface area contributed by atoms with Crippen LogP contribution in [0.5, 0.6) is 0 Å². The van der Waals surface area contributed by atoms with E-state index < -0.39 is 10.0 Å². The number of aliphatic hydroxyl groups is 1. The van der Waals surface area contributed by atoms with Gasteiger partial charge >= 0.3 is 0 Å². The standard InChI is InChI=1S/C12H19NO4S2/c1-13(4-5-17-8-10-2-3-10)19(15,16)12-6-11(7-14)18-9-12/h6,9-10,14H,2-5,7-8H2,1H3. The maximum Gasteiger partial charge on any atom is 0.243 e. The molecule has 1 fully saturated rings. The Bertz CT molecular complexity index is 508. The van der Waals surface area contributed by atoms with E-state index in [1.54, 1.807) is 12.4 Å². The number of sulfonamides is 1. The number of thiophene rings is 1. The smallest absolute Gasteiger partial charge is 0.243 e. The molecule has 0 aliphatic heterocycles. The summed E-state index contributed by atoms with van der Waals surface area (Å²) in [4.78, 5) is 0.892. The highest BCUT2D eigenvalue weighted by Gasteiger charge is 2.23. The highest BCUT2D eigenvalue weighted by atomic mass is 32.2. The Hall–Kier alpha value is -0.470. The first-order valence-electron chi connectivity index (χ1n) is 6.26. The zero-order chi connectivity index (χ0) is 13.9. The number of rotatable bonds is 8. The molecule has 5 nitrogen and oxygen atoms in total. The Kier molecular flexibility index (Phi) is 4.97. The van der Waals surface area contributed by atoms with Crippen molar-refractivity contribution in [3.05, 3.63) is 16.3 Å². The van der Waals surface area contributed by atoms with Crippen LogP contribution >= 0.6 is 11.3 Å². The van der Waals surface area contributed by atoms with Crippen LogP contribution in [0.3, 0.4) is 0 Å². The summed E-state index contributed by atoms with van der Waals surface area (Å²) in [6.45, 7) is 1.37. The van der Waals surface area contributed by atoms with E-state index in [9.17, 15) is 8.42 Å². The summed E-state index contributed by atoms with van der Waals surface area (Å²) < 4.78 is 31.1. The first-order valence-corrected chi connectivity index (χ1v) is 8.58. The summed E-state index contributed by atoms with van der Waals surface area (Å²) >= 11 is 1.25. The molecule has 1 N–H and O–H groups in total. The fourth-order valence-electron chi connectivity index (χ4n) is 1.61. The van der Waals surface area contributed by atoms with Crippen molar-refractivity contribution in [1.82, 2.24) is 4.31 Å². The average molecular weight is 305 g/mol. The second-order valence-corrected chi connectivity index (χ2v) is 7.79. The van der Waals surface area contributed by atoms with Gasteiger partial charge in [0.1, 0.15) is 0 Å². The van der Waals surface area contributed by atoms with E-state index in [-0.39, 0.29) is 11.5 Å². The third kappa shape index (κ3) is 4.00. The van der Waals surface area contributed by atoms with Crippen molar-refractivity contribution in [2.75, 3.05) is 26.8 Å². The number of hydrogen-bond donors (Lipinski definition) is 1. The normalized spacial score (nSPS) is 16.2. The quantitative estimate of drug-likeness (QED) is 0.735. The number of hydrogen-bond acceptors (Lipinski definition) is 5. The van der Waals surface area contributed by atoms with Gasteiger partial charge in [-0.1, -0.05) is 0 Å². The first-order chi connectivity index (χ1) is 9.04. The summed E-state index contributed by atoms with van der Waals surface area (Å²) in [5, 5.41) is 10.5. The van der Waals surface area contributed by atoms with Crippen molar-refractivity contribution < 1.29 is 18.3 Å². The summed E-state index contributed by atoms with van der Waals surface area (Å²) in [7, 11) is -1.91. The van der Waals surface area contributed by atoms with E-state index >= 15 is 0 Å². The van der Waals surface area contributed by atoms with Crippen LogP contribution in [0, 0.1) is 5.92 Å². The van der Waals surface area contributed by atoms with Gasteiger partial charge in [0.25, 0.3) is 0 Å². The number of likely N-dealkylation sites (N-methyl/N-ethyl adjacent to an activating group) is 1. The molecule has 19 heavy (non-hydrogen) atoms. The molecule has 0 amide bonds. The molecule has 1 saturated carbocycles. The van der Waals surface area contributed by atoms with E-state index in [1.807, 2.05) is 0 Å². The lowest BCUT2D eigenvalue weighted by Crippen LogP contribution is -2.30. The molecule has 2 rings (SSSR count). The van der Waals surface area contributed by atoms with Crippen LogP contribution in [0.15, 0.2) is 16.3 Å².